The van der Waals surface area contributed by atoms with Crippen LogP contribution in [0, 0.1) is 20.8 Å². The average molecular weight is 299 g/mol. The first-order valence-corrected chi connectivity index (χ1v) is 7.44. The zero-order chi connectivity index (χ0) is 15.4. The van der Waals surface area contributed by atoms with Gasteiger partial charge in [0.05, 0.1) is 6.04 Å². The van der Waals surface area contributed by atoms with E-state index in [9.17, 15) is 0 Å². The minimum atomic E-state index is 0.149. The predicted octanol–water partition coefficient (Wildman–Crippen LogP) is 4.05. The maximum Gasteiger partial charge on any atom is 0.172 e. The van der Waals surface area contributed by atoms with E-state index in [1.807, 2.05) is 19.1 Å². The fraction of sp³-hybridized carbons (Fsp3) is 0.294. The molecule has 21 heavy (non-hydrogen) atoms. The van der Waals surface area contributed by atoms with Gasteiger partial charge in [0.1, 0.15) is 5.82 Å². The summed E-state index contributed by atoms with van der Waals surface area (Å²) in [4.78, 5) is 4.25. The number of pyridine rings is 1. The van der Waals surface area contributed by atoms with E-state index in [-0.39, 0.29) is 6.04 Å². The molecule has 2 N–H and O–H groups in total. The molecular weight excluding hydrogens is 278 g/mol. The highest BCUT2D eigenvalue weighted by molar-refractivity contribution is 7.80. The highest BCUT2D eigenvalue weighted by Gasteiger charge is 2.10. The number of aromatic nitrogens is 1. The quantitative estimate of drug-likeness (QED) is 0.838. The third kappa shape index (κ3) is 4.26. The summed E-state index contributed by atoms with van der Waals surface area (Å²) < 4.78 is 0. The molecule has 0 radical (unpaired) electrons. The van der Waals surface area contributed by atoms with Crippen LogP contribution in [0.3, 0.4) is 0 Å². The number of nitrogens with zero attached hydrogens (tertiary/aromatic N) is 1. The molecule has 1 aromatic heterocycles. The van der Waals surface area contributed by atoms with Crippen LogP contribution < -0.4 is 10.6 Å². The molecule has 2 rings (SSSR count). The van der Waals surface area contributed by atoms with Crippen LogP contribution in [0.4, 0.5) is 5.82 Å². The highest BCUT2D eigenvalue weighted by Crippen LogP contribution is 2.18. The van der Waals surface area contributed by atoms with Crippen LogP contribution in [0.1, 0.15) is 35.2 Å². The number of thiocarbonyl (C=S) groups is 1. The van der Waals surface area contributed by atoms with Crippen molar-refractivity contribution in [1.82, 2.24) is 10.3 Å². The molecule has 0 aliphatic heterocycles. The van der Waals surface area contributed by atoms with Crippen molar-refractivity contribution in [2.45, 2.75) is 33.7 Å². The predicted molar refractivity (Wildman–Crippen MR) is 92.7 cm³/mol. The van der Waals surface area contributed by atoms with Gasteiger partial charge in [0.15, 0.2) is 5.11 Å². The van der Waals surface area contributed by atoms with E-state index in [1.165, 1.54) is 16.7 Å². The molecule has 1 heterocycles. The maximum absolute atomic E-state index is 5.36. The Bertz CT molecular complexity index is 652. The van der Waals surface area contributed by atoms with Gasteiger partial charge in [-0.1, -0.05) is 23.8 Å². The standard InChI is InChI=1S/C17H21N3S/c1-11-5-6-15(13(3)9-11)14(4)19-17(21)20-16-10-12(2)7-8-18-16/h5-10,14H,1-4H3,(H2,18,19,20,21)/t14-/m0/s1. The number of rotatable bonds is 3. The fourth-order valence-electron chi connectivity index (χ4n) is 2.34. The van der Waals surface area contributed by atoms with Crippen LogP contribution in [-0.4, -0.2) is 10.1 Å². The van der Waals surface area contributed by atoms with E-state index >= 15 is 0 Å². The first kappa shape index (κ1) is 15.4. The summed E-state index contributed by atoms with van der Waals surface area (Å²) in [5.41, 5.74) is 4.94. The van der Waals surface area contributed by atoms with E-state index < -0.39 is 0 Å². The summed E-state index contributed by atoms with van der Waals surface area (Å²) in [5, 5.41) is 7.01. The van der Waals surface area contributed by atoms with E-state index in [4.69, 9.17) is 12.2 Å². The van der Waals surface area contributed by atoms with Crippen molar-refractivity contribution in [3.8, 4) is 0 Å². The Balaban J connectivity index is 2.02. The minimum absolute atomic E-state index is 0.149. The number of hydrogen-bond donors (Lipinski definition) is 2. The Morgan fingerprint density at radius 3 is 2.48 bits per heavy atom. The molecule has 0 spiro atoms. The molecule has 1 aromatic carbocycles. The molecule has 0 amide bonds. The second-order valence-corrected chi connectivity index (χ2v) is 5.81. The summed E-state index contributed by atoms with van der Waals surface area (Å²) >= 11 is 5.36. The molecule has 2 aromatic rings. The summed E-state index contributed by atoms with van der Waals surface area (Å²) in [6, 6.07) is 10.5. The van der Waals surface area contributed by atoms with Gasteiger partial charge in [-0.3, -0.25) is 0 Å². The molecule has 3 nitrogen and oxygen atoms in total. The highest BCUT2D eigenvalue weighted by atomic mass is 32.1. The van der Waals surface area contributed by atoms with Gasteiger partial charge in [-0.05, 0) is 68.7 Å². The van der Waals surface area contributed by atoms with Gasteiger partial charge >= 0.3 is 0 Å². The fourth-order valence-corrected chi connectivity index (χ4v) is 2.62. The summed E-state index contributed by atoms with van der Waals surface area (Å²) in [7, 11) is 0. The van der Waals surface area contributed by atoms with E-state index in [1.54, 1.807) is 6.20 Å². The molecule has 1 atom stereocenters. The third-order valence-corrected chi connectivity index (χ3v) is 3.62. The van der Waals surface area contributed by atoms with E-state index in [0.717, 1.165) is 11.4 Å². The molecule has 4 heteroatoms. The SMILES string of the molecule is Cc1ccnc(NC(=S)N[C@@H](C)c2ccc(C)cc2C)c1. The first-order chi connectivity index (χ1) is 9.95. The van der Waals surface area contributed by atoms with Gasteiger partial charge in [0.25, 0.3) is 0 Å². The summed E-state index contributed by atoms with van der Waals surface area (Å²) in [6.07, 6.45) is 1.77. The lowest BCUT2D eigenvalue weighted by molar-refractivity contribution is 0.716. The first-order valence-electron chi connectivity index (χ1n) is 7.03. The zero-order valence-corrected chi connectivity index (χ0v) is 13.7. The smallest absolute Gasteiger partial charge is 0.172 e. The summed E-state index contributed by atoms with van der Waals surface area (Å²) in [5.74, 6) is 0.764. The van der Waals surface area contributed by atoms with Gasteiger partial charge in [0, 0.05) is 6.20 Å². The lowest BCUT2D eigenvalue weighted by Crippen LogP contribution is -2.31. The van der Waals surface area contributed by atoms with Crippen LogP contribution in [-0.2, 0) is 0 Å². The number of aryl methyl sites for hydroxylation is 3. The van der Waals surface area contributed by atoms with Crippen molar-refractivity contribution in [3.63, 3.8) is 0 Å². The van der Waals surface area contributed by atoms with Crippen molar-refractivity contribution in [3.05, 3.63) is 58.8 Å². The topological polar surface area (TPSA) is 37.0 Å². The lowest BCUT2D eigenvalue weighted by Gasteiger charge is -2.19. The van der Waals surface area contributed by atoms with Crippen molar-refractivity contribution >= 4 is 23.1 Å². The maximum atomic E-state index is 5.36. The second-order valence-electron chi connectivity index (χ2n) is 5.40. The van der Waals surface area contributed by atoms with E-state index in [2.05, 4.69) is 54.6 Å². The number of anilines is 1. The Morgan fingerprint density at radius 1 is 1.10 bits per heavy atom. The second kappa shape index (κ2) is 6.68. The van der Waals surface area contributed by atoms with Gasteiger partial charge in [-0.25, -0.2) is 4.98 Å². The molecule has 0 fully saturated rings. The molecular formula is C17H21N3S. The van der Waals surface area contributed by atoms with Gasteiger partial charge in [-0.2, -0.15) is 0 Å². The summed E-state index contributed by atoms with van der Waals surface area (Å²) in [6.45, 7) is 8.36. The van der Waals surface area contributed by atoms with Crippen molar-refractivity contribution in [2.75, 3.05) is 5.32 Å². The van der Waals surface area contributed by atoms with E-state index in [0.29, 0.717) is 5.11 Å². The zero-order valence-electron chi connectivity index (χ0n) is 12.9. The van der Waals surface area contributed by atoms with Crippen LogP contribution in [0.5, 0.6) is 0 Å². The Morgan fingerprint density at radius 2 is 1.81 bits per heavy atom. The van der Waals surface area contributed by atoms with Gasteiger partial charge < -0.3 is 10.6 Å². The van der Waals surface area contributed by atoms with Crippen molar-refractivity contribution in [1.29, 1.82) is 0 Å². The van der Waals surface area contributed by atoms with Gasteiger partial charge in [0.2, 0.25) is 0 Å². The number of hydrogen-bond acceptors (Lipinski definition) is 2. The molecule has 110 valence electrons. The van der Waals surface area contributed by atoms with Crippen LogP contribution in [0.2, 0.25) is 0 Å². The molecule has 0 saturated carbocycles. The van der Waals surface area contributed by atoms with Crippen LogP contribution >= 0.6 is 12.2 Å². The lowest BCUT2D eigenvalue weighted by atomic mass is 10.0. The van der Waals surface area contributed by atoms with Gasteiger partial charge in [-0.15, -0.1) is 0 Å². The average Bonchev–Trinajstić information content (AvgIpc) is 2.38. The van der Waals surface area contributed by atoms with Crippen molar-refractivity contribution < 1.29 is 0 Å². The Kier molecular flexibility index (Phi) is 4.91. The molecule has 0 aliphatic carbocycles. The Labute approximate surface area is 131 Å². The third-order valence-electron chi connectivity index (χ3n) is 3.40. The monoisotopic (exact) mass is 299 g/mol. The number of nitrogens with one attached hydrogen (secondary N) is 2. The molecule has 0 bridgehead atoms. The minimum Gasteiger partial charge on any atom is -0.356 e. The largest absolute Gasteiger partial charge is 0.356 e. The molecule has 0 aliphatic rings. The Hall–Kier alpha value is -1.94. The molecule has 0 saturated heterocycles. The van der Waals surface area contributed by atoms with Crippen molar-refractivity contribution in [2.24, 2.45) is 0 Å². The normalized spacial score (nSPS) is 11.8. The molecule has 0 unspecified atom stereocenters. The number of benzene rings is 1. The van der Waals surface area contributed by atoms with Crippen LogP contribution in [0.25, 0.3) is 0 Å². The van der Waals surface area contributed by atoms with Crippen LogP contribution in [0.15, 0.2) is 36.5 Å².